The topological polar surface area (TPSA) is 175 Å². The molecule has 8 unspecified atom stereocenters. The van der Waals surface area contributed by atoms with Gasteiger partial charge in [-0.1, -0.05) is 304 Å². The molecule has 512 valence electrons. The average molecular weight is 1250 g/mol. The molecule has 0 radical (unpaired) electrons. The zero-order valence-electron chi connectivity index (χ0n) is 57.0. The fourth-order valence-corrected chi connectivity index (χ4v) is 10.9. The molecule has 1 rings (SSSR count). The van der Waals surface area contributed by atoms with E-state index in [9.17, 15) is 35.1 Å². The number of nitrogens with one attached hydrogen (secondary N) is 1. The lowest BCUT2D eigenvalue weighted by molar-refractivity contribution is -0.305. The zero-order chi connectivity index (χ0) is 64.6. The normalized spacial score (nSPS) is 18.8. The Morgan fingerprint density at radius 3 is 1.24 bits per heavy atom. The molecule has 1 fully saturated rings. The summed E-state index contributed by atoms with van der Waals surface area (Å²) in [4.78, 5) is 26.7. The maximum atomic E-state index is 13.5. The van der Waals surface area contributed by atoms with Crippen LogP contribution in [0.3, 0.4) is 0 Å². The average Bonchev–Trinajstić information content (AvgIpc) is 2.24. The molecule has 0 aromatic heterocycles. The molecule has 0 bridgehead atoms. The molecule has 0 saturated carbocycles. The van der Waals surface area contributed by atoms with Crippen molar-refractivity contribution in [1.82, 2.24) is 5.32 Å². The zero-order valence-corrected chi connectivity index (χ0v) is 57.0. The number of aliphatic hydroxyl groups is 5. The summed E-state index contributed by atoms with van der Waals surface area (Å²) in [5.74, 6) is -1.24. The summed E-state index contributed by atoms with van der Waals surface area (Å²) >= 11 is 0. The Morgan fingerprint density at radius 1 is 0.449 bits per heavy atom. The van der Waals surface area contributed by atoms with Crippen LogP contribution in [0.2, 0.25) is 0 Å². The van der Waals surface area contributed by atoms with Gasteiger partial charge in [-0.2, -0.15) is 0 Å². The predicted octanol–water partition coefficient (Wildman–Crippen LogP) is 19.2. The maximum absolute atomic E-state index is 13.5. The van der Waals surface area contributed by atoms with E-state index < -0.39 is 67.4 Å². The number of unbranched alkanes of at least 4 members (excludes halogenated alkanes) is 32. The molecule has 1 heterocycles. The van der Waals surface area contributed by atoms with Crippen molar-refractivity contribution in [2.24, 2.45) is 0 Å². The first-order valence-electron chi connectivity index (χ1n) is 36.7. The van der Waals surface area contributed by atoms with Gasteiger partial charge in [-0.3, -0.25) is 9.59 Å². The van der Waals surface area contributed by atoms with Crippen molar-refractivity contribution in [1.29, 1.82) is 0 Å². The van der Waals surface area contributed by atoms with Gasteiger partial charge in [0.2, 0.25) is 5.91 Å². The largest absolute Gasteiger partial charge is 0.454 e. The van der Waals surface area contributed by atoms with E-state index in [2.05, 4.69) is 123 Å². The highest BCUT2D eigenvalue weighted by molar-refractivity contribution is 5.80. The third kappa shape index (κ3) is 51.5. The van der Waals surface area contributed by atoms with Crippen molar-refractivity contribution in [3.8, 4) is 0 Å². The minimum Gasteiger partial charge on any atom is -0.454 e. The first kappa shape index (κ1) is 83.3. The number of rotatable bonds is 62. The molecule has 1 aliphatic rings. The number of amides is 1. The summed E-state index contributed by atoms with van der Waals surface area (Å²) in [5, 5.41) is 57.3. The number of carbonyl (C=O) groups is 2. The van der Waals surface area contributed by atoms with Crippen LogP contribution >= 0.6 is 0 Å². The number of aliphatic hydroxyl groups excluding tert-OH is 5. The summed E-state index contributed by atoms with van der Waals surface area (Å²) in [6.45, 7) is 5.66. The highest BCUT2D eigenvalue weighted by atomic mass is 16.7. The van der Waals surface area contributed by atoms with Crippen LogP contribution in [-0.2, 0) is 23.8 Å². The number of hydrogen-bond acceptors (Lipinski definition) is 10. The minimum atomic E-state index is -1.64. The number of ether oxygens (including phenoxy) is 3. The predicted molar refractivity (Wildman–Crippen MR) is 375 cm³/mol. The van der Waals surface area contributed by atoms with Gasteiger partial charge in [-0.05, 0) is 109 Å². The minimum absolute atomic E-state index is 0.0644. The van der Waals surface area contributed by atoms with Gasteiger partial charge >= 0.3 is 5.97 Å². The Labute approximate surface area is 545 Å². The summed E-state index contributed by atoms with van der Waals surface area (Å²) in [7, 11) is 0. The molecule has 11 heteroatoms. The van der Waals surface area contributed by atoms with E-state index in [1.807, 2.05) is 6.08 Å². The molecule has 1 amide bonds. The van der Waals surface area contributed by atoms with Gasteiger partial charge in [0.1, 0.15) is 24.4 Å². The van der Waals surface area contributed by atoms with Crippen LogP contribution in [0.15, 0.2) is 109 Å². The van der Waals surface area contributed by atoms with Gasteiger partial charge in [0.05, 0.1) is 25.4 Å². The van der Waals surface area contributed by atoms with Crippen LogP contribution in [-0.4, -0.2) is 99.6 Å². The Bertz CT molecular complexity index is 1870. The first-order chi connectivity index (χ1) is 43.7. The van der Waals surface area contributed by atoms with Gasteiger partial charge in [0.15, 0.2) is 12.4 Å². The highest BCUT2D eigenvalue weighted by Gasteiger charge is 2.47. The number of carbonyl (C=O) groups excluding carboxylic acids is 2. The molecule has 89 heavy (non-hydrogen) atoms. The molecule has 0 aromatic carbocycles. The van der Waals surface area contributed by atoms with Crippen molar-refractivity contribution in [2.45, 2.75) is 359 Å². The van der Waals surface area contributed by atoms with Crippen LogP contribution in [0.5, 0.6) is 0 Å². The van der Waals surface area contributed by atoms with E-state index in [-0.39, 0.29) is 19.4 Å². The van der Waals surface area contributed by atoms with Crippen LogP contribution in [0.25, 0.3) is 0 Å². The first-order valence-corrected chi connectivity index (χ1v) is 36.7. The van der Waals surface area contributed by atoms with Crippen molar-refractivity contribution in [2.75, 3.05) is 13.2 Å². The van der Waals surface area contributed by atoms with Crippen molar-refractivity contribution in [3.05, 3.63) is 109 Å². The monoisotopic (exact) mass is 1250 g/mol. The van der Waals surface area contributed by atoms with Crippen LogP contribution in [0, 0.1) is 0 Å². The van der Waals surface area contributed by atoms with E-state index in [1.54, 1.807) is 6.08 Å². The van der Waals surface area contributed by atoms with Crippen molar-refractivity contribution < 1.29 is 49.3 Å². The Balaban J connectivity index is 2.59. The van der Waals surface area contributed by atoms with E-state index in [4.69, 9.17) is 14.2 Å². The molecule has 0 aromatic rings. The van der Waals surface area contributed by atoms with Gasteiger partial charge in [0.25, 0.3) is 0 Å². The standard InChI is InChI=1S/C78H135NO10/c1-4-7-10-13-16-19-22-25-27-29-31-33-34-35-36-37-39-40-42-44-47-50-53-56-59-62-65-71(82)77(86)79-69(70(81)64-61-58-55-52-49-46-24-21-18-15-12-9-6-3)68-87-78-76(75(85)74(84)72(67-80)88-78)89-73(83)66-63-60-57-54-51-48-45-43-41-38-32-30-28-26-23-20-17-14-11-8-5-2/h8,11,16-17,19-20,25-28,32,38,43,45,51,54,61,64,69-72,74-76,78,80-82,84-85H,4-7,9-10,12-15,18,21-24,29-31,33-37,39-42,44,46-50,52-53,55-60,62-63,65-68H2,1-3H3,(H,79,86)/b11-8-,19-16-,20-17-,27-25-,28-26-,38-32-,45-43-,54-51-,64-61+. The van der Waals surface area contributed by atoms with Crippen LogP contribution in [0.4, 0.5) is 0 Å². The van der Waals surface area contributed by atoms with Gasteiger partial charge in [0, 0.05) is 6.42 Å². The molecule has 8 atom stereocenters. The summed E-state index contributed by atoms with van der Waals surface area (Å²) in [6.07, 6.45) is 78.5. The van der Waals surface area contributed by atoms with Gasteiger partial charge < -0.3 is 45.1 Å². The fourth-order valence-electron chi connectivity index (χ4n) is 10.9. The third-order valence-corrected chi connectivity index (χ3v) is 16.7. The number of esters is 1. The molecule has 6 N–H and O–H groups in total. The SMILES string of the molecule is CC/C=C\C/C=C\C/C=C\C/C=C\C/C=C\C/C=C\CCCCC(=O)OC1C(OCC(NC(=O)C(O)CCCCCCCCCCCCCCCCCC/C=C\C/C=C\CCCCC)C(O)/C=C/CCCCCCCCCCCCC)OC(CO)C(O)C1O. The van der Waals surface area contributed by atoms with Crippen molar-refractivity contribution in [3.63, 3.8) is 0 Å². The lowest BCUT2D eigenvalue weighted by Gasteiger charge is -2.41. The fraction of sp³-hybridized carbons (Fsp3) is 0.744. The van der Waals surface area contributed by atoms with E-state index >= 15 is 0 Å². The molecular formula is C78H135NO10. The highest BCUT2D eigenvalue weighted by Crippen LogP contribution is 2.26. The number of allylic oxidation sites excluding steroid dienone is 17. The summed E-state index contributed by atoms with van der Waals surface area (Å²) < 4.78 is 17.7. The molecule has 0 aliphatic carbocycles. The smallest absolute Gasteiger partial charge is 0.306 e. The molecular weight excluding hydrogens is 1110 g/mol. The maximum Gasteiger partial charge on any atom is 0.306 e. The van der Waals surface area contributed by atoms with Gasteiger partial charge in [-0.15, -0.1) is 0 Å². The molecule has 0 spiro atoms. The summed E-state index contributed by atoms with van der Waals surface area (Å²) in [6, 6.07) is -1.04. The Kier molecular flexibility index (Phi) is 60.3. The lowest BCUT2D eigenvalue weighted by Crippen LogP contribution is -2.61. The molecule has 1 aliphatic heterocycles. The van der Waals surface area contributed by atoms with E-state index in [1.165, 1.54) is 167 Å². The summed E-state index contributed by atoms with van der Waals surface area (Å²) in [5.41, 5.74) is 0. The molecule has 11 nitrogen and oxygen atoms in total. The second-order valence-corrected chi connectivity index (χ2v) is 24.9. The van der Waals surface area contributed by atoms with Crippen LogP contribution < -0.4 is 5.32 Å². The Hall–Kier alpha value is -3.68. The van der Waals surface area contributed by atoms with E-state index in [0.717, 1.165) is 96.3 Å². The van der Waals surface area contributed by atoms with Crippen molar-refractivity contribution >= 4 is 11.9 Å². The van der Waals surface area contributed by atoms with Crippen LogP contribution in [0.1, 0.15) is 310 Å². The van der Waals surface area contributed by atoms with Gasteiger partial charge in [-0.25, -0.2) is 0 Å². The lowest BCUT2D eigenvalue weighted by atomic mass is 9.99. The Morgan fingerprint density at radius 2 is 0.809 bits per heavy atom. The third-order valence-electron chi connectivity index (χ3n) is 16.7. The quantitative estimate of drug-likeness (QED) is 0.0195. The second kappa shape index (κ2) is 64.4. The van der Waals surface area contributed by atoms with E-state index in [0.29, 0.717) is 12.8 Å². The second-order valence-electron chi connectivity index (χ2n) is 24.9. The number of hydrogen-bond donors (Lipinski definition) is 6. The molecule has 1 saturated heterocycles.